The molecule has 0 fully saturated rings. The predicted octanol–water partition coefficient (Wildman–Crippen LogP) is 3.55. The smallest absolute Gasteiger partial charge is 0.251 e. The van der Waals surface area contributed by atoms with Crippen LogP contribution in [0.15, 0.2) is 48.5 Å². The number of benzene rings is 2. The maximum atomic E-state index is 12.2. The van der Waals surface area contributed by atoms with E-state index in [-0.39, 0.29) is 17.1 Å². The van der Waals surface area contributed by atoms with Crippen molar-refractivity contribution in [3.63, 3.8) is 0 Å². The van der Waals surface area contributed by atoms with E-state index < -0.39 is 10.0 Å². The maximum Gasteiger partial charge on any atom is 0.251 e. The summed E-state index contributed by atoms with van der Waals surface area (Å²) in [7, 11) is -3.33. The summed E-state index contributed by atoms with van der Waals surface area (Å²) in [6.45, 7) is 8.75. The lowest BCUT2D eigenvalue weighted by Crippen LogP contribution is -2.28. The van der Waals surface area contributed by atoms with E-state index in [0.717, 1.165) is 5.75 Å². The summed E-state index contributed by atoms with van der Waals surface area (Å²) in [5, 5.41) is 2.78. The van der Waals surface area contributed by atoms with Gasteiger partial charge in [0.15, 0.2) is 0 Å². The summed E-state index contributed by atoms with van der Waals surface area (Å²) < 4.78 is 31.2. The molecule has 2 aromatic carbocycles. The van der Waals surface area contributed by atoms with Gasteiger partial charge >= 0.3 is 0 Å². The first-order chi connectivity index (χ1) is 13.1. The van der Waals surface area contributed by atoms with E-state index in [2.05, 4.69) is 30.8 Å². The van der Waals surface area contributed by atoms with E-state index in [1.165, 1.54) is 5.56 Å². The Morgan fingerprint density at radius 2 is 1.61 bits per heavy atom. The molecule has 0 aliphatic carbocycles. The summed E-state index contributed by atoms with van der Waals surface area (Å²) in [6.07, 6.45) is 0. The molecule has 0 atom stereocenters. The lowest BCUT2D eigenvalue weighted by molar-refractivity contribution is 0.0947. The Kier molecular flexibility index (Phi) is 7.07. The molecule has 152 valence electrons. The van der Waals surface area contributed by atoms with E-state index in [9.17, 15) is 13.2 Å². The maximum absolute atomic E-state index is 12.2. The molecule has 0 heterocycles. The number of anilines is 1. The fraction of sp³-hybridized carbons (Fsp3) is 0.381. The van der Waals surface area contributed by atoms with Gasteiger partial charge in [0.2, 0.25) is 10.0 Å². The summed E-state index contributed by atoms with van der Waals surface area (Å²) in [4.78, 5) is 12.2. The molecule has 2 aromatic rings. The number of hydrogen-bond donors (Lipinski definition) is 2. The van der Waals surface area contributed by atoms with E-state index in [0.29, 0.717) is 24.4 Å². The Morgan fingerprint density at radius 3 is 2.14 bits per heavy atom. The van der Waals surface area contributed by atoms with E-state index >= 15 is 0 Å². The van der Waals surface area contributed by atoms with Gasteiger partial charge in [-0.1, -0.05) is 32.9 Å². The van der Waals surface area contributed by atoms with Crippen LogP contribution in [0, 0.1) is 0 Å². The molecule has 0 aliphatic rings. The minimum Gasteiger partial charge on any atom is -0.492 e. The summed E-state index contributed by atoms with van der Waals surface area (Å²) in [6, 6.07) is 14.2. The molecule has 1 amide bonds. The molecule has 0 aliphatic heterocycles. The first-order valence-corrected chi connectivity index (χ1v) is 10.9. The number of hydrogen-bond acceptors (Lipinski definition) is 4. The molecule has 28 heavy (non-hydrogen) atoms. The molecule has 0 unspecified atom stereocenters. The van der Waals surface area contributed by atoms with Gasteiger partial charge in [-0.05, 0) is 54.3 Å². The predicted molar refractivity (Wildman–Crippen MR) is 112 cm³/mol. The Labute approximate surface area is 167 Å². The number of carbonyl (C=O) groups is 1. The summed E-state index contributed by atoms with van der Waals surface area (Å²) in [5.41, 5.74) is 2.21. The van der Waals surface area contributed by atoms with Crippen molar-refractivity contribution in [2.75, 3.05) is 23.6 Å². The quantitative estimate of drug-likeness (QED) is 0.659. The highest BCUT2D eigenvalue weighted by Gasteiger charge is 2.13. The average molecular weight is 405 g/mol. The van der Waals surface area contributed by atoms with Gasteiger partial charge in [0.05, 0.1) is 12.3 Å². The van der Waals surface area contributed by atoms with Gasteiger partial charge in [-0.25, -0.2) is 8.42 Å². The molecular formula is C21H28N2O4S. The highest BCUT2D eigenvalue weighted by molar-refractivity contribution is 7.92. The largest absolute Gasteiger partial charge is 0.492 e. The lowest BCUT2D eigenvalue weighted by Gasteiger charge is -2.19. The first kappa shape index (κ1) is 21.8. The number of sulfonamides is 1. The third-order valence-electron chi connectivity index (χ3n) is 4.18. The van der Waals surface area contributed by atoms with Crippen molar-refractivity contribution in [1.29, 1.82) is 0 Å². The molecule has 0 saturated carbocycles. The Hall–Kier alpha value is -2.54. The van der Waals surface area contributed by atoms with Gasteiger partial charge in [0.25, 0.3) is 5.91 Å². The van der Waals surface area contributed by atoms with Crippen molar-refractivity contribution in [1.82, 2.24) is 5.32 Å². The molecule has 0 bridgehead atoms. The number of carbonyl (C=O) groups excluding carboxylic acids is 1. The van der Waals surface area contributed by atoms with Crippen molar-refractivity contribution in [2.24, 2.45) is 0 Å². The molecule has 0 saturated heterocycles. The zero-order chi connectivity index (χ0) is 20.8. The Bertz CT molecular complexity index is 883. The Balaban J connectivity index is 1.79. The minimum atomic E-state index is -3.33. The second-order valence-electron chi connectivity index (χ2n) is 7.46. The normalized spacial score (nSPS) is 11.7. The molecule has 0 aromatic heterocycles. The van der Waals surface area contributed by atoms with Gasteiger partial charge in [-0.2, -0.15) is 0 Å². The van der Waals surface area contributed by atoms with Gasteiger partial charge < -0.3 is 10.1 Å². The molecule has 2 rings (SSSR count). The van der Waals surface area contributed by atoms with Crippen molar-refractivity contribution < 1.29 is 17.9 Å². The third-order valence-corrected chi connectivity index (χ3v) is 5.48. The van der Waals surface area contributed by atoms with Crippen LogP contribution in [0.3, 0.4) is 0 Å². The van der Waals surface area contributed by atoms with E-state index in [1.54, 1.807) is 31.2 Å². The SMILES string of the molecule is CCS(=O)(=O)Nc1ccc(C(=O)NCCOc2ccc(C(C)(C)C)cc2)cc1. The fourth-order valence-corrected chi connectivity index (χ4v) is 3.07. The van der Waals surface area contributed by atoms with Gasteiger partial charge in [-0.3, -0.25) is 9.52 Å². The average Bonchev–Trinajstić information content (AvgIpc) is 2.65. The number of rotatable bonds is 8. The van der Waals surface area contributed by atoms with Crippen molar-refractivity contribution in [2.45, 2.75) is 33.1 Å². The second kappa shape index (κ2) is 9.10. The van der Waals surface area contributed by atoms with Gasteiger partial charge in [0, 0.05) is 11.3 Å². The Morgan fingerprint density at radius 1 is 1.00 bits per heavy atom. The van der Waals surface area contributed by atoms with Crippen LogP contribution in [0.4, 0.5) is 5.69 Å². The topological polar surface area (TPSA) is 84.5 Å². The zero-order valence-electron chi connectivity index (χ0n) is 16.8. The van der Waals surface area contributed by atoms with Crippen molar-refractivity contribution in [3.8, 4) is 5.75 Å². The molecule has 0 radical (unpaired) electrons. The van der Waals surface area contributed by atoms with Crippen molar-refractivity contribution >= 4 is 21.6 Å². The van der Waals surface area contributed by atoms with Crippen LogP contribution < -0.4 is 14.8 Å². The monoisotopic (exact) mass is 404 g/mol. The number of amides is 1. The fourth-order valence-electron chi connectivity index (χ4n) is 2.43. The highest BCUT2D eigenvalue weighted by Crippen LogP contribution is 2.24. The van der Waals surface area contributed by atoms with Gasteiger partial charge in [-0.15, -0.1) is 0 Å². The van der Waals surface area contributed by atoms with Crippen LogP contribution in [0.1, 0.15) is 43.6 Å². The van der Waals surface area contributed by atoms with Crippen LogP contribution in [0.2, 0.25) is 0 Å². The molecular weight excluding hydrogens is 376 g/mol. The minimum absolute atomic E-state index is 0.00578. The highest BCUT2D eigenvalue weighted by atomic mass is 32.2. The van der Waals surface area contributed by atoms with Crippen LogP contribution >= 0.6 is 0 Å². The standard InChI is InChI=1S/C21H28N2O4S/c1-5-28(25,26)23-18-10-6-16(7-11-18)20(24)22-14-15-27-19-12-8-17(9-13-19)21(2,3)4/h6-13,23H,5,14-15H2,1-4H3,(H,22,24). The molecule has 7 heteroatoms. The molecule has 2 N–H and O–H groups in total. The van der Waals surface area contributed by atoms with Gasteiger partial charge in [0.1, 0.15) is 12.4 Å². The lowest BCUT2D eigenvalue weighted by atomic mass is 9.87. The molecule has 6 nitrogen and oxygen atoms in total. The second-order valence-corrected chi connectivity index (χ2v) is 9.47. The van der Waals surface area contributed by atoms with E-state index in [4.69, 9.17) is 4.74 Å². The number of ether oxygens (including phenoxy) is 1. The van der Waals surface area contributed by atoms with Crippen LogP contribution in [0.25, 0.3) is 0 Å². The summed E-state index contributed by atoms with van der Waals surface area (Å²) >= 11 is 0. The van der Waals surface area contributed by atoms with Crippen LogP contribution in [-0.4, -0.2) is 33.2 Å². The summed E-state index contributed by atoms with van der Waals surface area (Å²) in [5.74, 6) is 0.514. The molecule has 0 spiro atoms. The zero-order valence-corrected chi connectivity index (χ0v) is 17.6. The third kappa shape index (κ3) is 6.56. The van der Waals surface area contributed by atoms with Crippen LogP contribution in [0.5, 0.6) is 5.75 Å². The van der Waals surface area contributed by atoms with Crippen LogP contribution in [-0.2, 0) is 15.4 Å². The van der Waals surface area contributed by atoms with Crippen molar-refractivity contribution in [3.05, 3.63) is 59.7 Å². The van der Waals surface area contributed by atoms with E-state index in [1.807, 2.05) is 24.3 Å². The first-order valence-electron chi connectivity index (χ1n) is 9.23. The number of nitrogens with one attached hydrogen (secondary N) is 2.